The molecule has 1 aromatic rings. The number of hydrogen-bond donors (Lipinski definition) is 0. The molecule has 0 fully saturated rings. The van der Waals surface area contributed by atoms with Gasteiger partial charge in [-0.15, -0.1) is 6.42 Å². The minimum atomic E-state index is 0.0839. The molecule has 0 unspecified atom stereocenters. The Morgan fingerprint density at radius 1 is 1.54 bits per heavy atom. The zero-order valence-corrected chi connectivity index (χ0v) is 8.67. The van der Waals surface area contributed by atoms with Crippen LogP contribution in [-0.2, 0) is 11.2 Å². The van der Waals surface area contributed by atoms with Gasteiger partial charge in [-0.25, -0.2) is 0 Å². The largest absolute Gasteiger partial charge is 0.298 e. The van der Waals surface area contributed by atoms with Crippen LogP contribution in [0.5, 0.6) is 0 Å². The summed E-state index contributed by atoms with van der Waals surface area (Å²) in [6.45, 7) is 0. The van der Waals surface area contributed by atoms with Crippen LogP contribution in [0, 0.1) is 12.3 Å². The van der Waals surface area contributed by atoms with E-state index in [2.05, 4.69) is 21.9 Å². The average molecular weight is 237 g/mol. The molecule has 0 amide bonds. The van der Waals surface area contributed by atoms with Crippen LogP contribution in [0.25, 0.3) is 0 Å². The highest BCUT2D eigenvalue weighted by atomic mass is 79.9. The summed E-state index contributed by atoms with van der Waals surface area (Å²) in [7, 11) is 0. The maximum atomic E-state index is 11.2. The highest BCUT2D eigenvalue weighted by Crippen LogP contribution is 2.12. The molecule has 66 valence electrons. The Hall–Kier alpha value is -1.07. The van der Waals surface area contributed by atoms with Crippen molar-refractivity contribution >= 4 is 21.7 Å². The zero-order chi connectivity index (χ0) is 9.68. The number of benzene rings is 1. The summed E-state index contributed by atoms with van der Waals surface area (Å²) in [5.41, 5.74) is 0.995. The fraction of sp³-hybridized carbons (Fsp3) is 0.182. The van der Waals surface area contributed by atoms with Crippen molar-refractivity contribution in [1.82, 2.24) is 0 Å². The lowest BCUT2D eigenvalue weighted by atomic mass is 10.1. The van der Waals surface area contributed by atoms with Crippen LogP contribution in [-0.4, -0.2) is 5.78 Å². The third-order valence-electron chi connectivity index (χ3n) is 1.59. The van der Waals surface area contributed by atoms with Crippen LogP contribution >= 0.6 is 15.9 Å². The number of carbonyl (C=O) groups is 1. The predicted molar refractivity (Wildman–Crippen MR) is 56.3 cm³/mol. The van der Waals surface area contributed by atoms with Crippen molar-refractivity contribution in [2.24, 2.45) is 0 Å². The number of ketones is 1. The molecule has 0 radical (unpaired) electrons. The molecule has 0 atom stereocenters. The molecular weight excluding hydrogens is 228 g/mol. The summed E-state index contributed by atoms with van der Waals surface area (Å²) in [5.74, 6) is 2.42. The van der Waals surface area contributed by atoms with Crippen LogP contribution in [0.2, 0.25) is 0 Å². The molecule has 1 nitrogen and oxygen atoms in total. The van der Waals surface area contributed by atoms with Crippen molar-refractivity contribution < 1.29 is 4.79 Å². The predicted octanol–water partition coefficient (Wildman–Crippen LogP) is 2.58. The molecule has 0 aliphatic heterocycles. The van der Waals surface area contributed by atoms with E-state index in [1.165, 1.54) is 0 Å². The molecule has 0 N–H and O–H groups in total. The van der Waals surface area contributed by atoms with Gasteiger partial charge in [-0.2, -0.15) is 0 Å². The quantitative estimate of drug-likeness (QED) is 0.738. The number of halogens is 1. The van der Waals surface area contributed by atoms with Gasteiger partial charge in [0, 0.05) is 10.9 Å². The second-order valence-electron chi connectivity index (χ2n) is 2.73. The van der Waals surface area contributed by atoms with Crippen LogP contribution < -0.4 is 0 Å². The molecule has 0 aliphatic rings. The monoisotopic (exact) mass is 236 g/mol. The summed E-state index contributed by atoms with van der Waals surface area (Å²) in [4.78, 5) is 11.2. The molecule has 1 aromatic carbocycles. The molecule has 0 aliphatic carbocycles. The van der Waals surface area contributed by atoms with E-state index in [1.54, 1.807) is 0 Å². The minimum Gasteiger partial charge on any atom is -0.298 e. The minimum absolute atomic E-state index is 0.0839. The summed E-state index contributed by atoms with van der Waals surface area (Å²) < 4.78 is 0.985. The van der Waals surface area contributed by atoms with Gasteiger partial charge in [-0.05, 0) is 17.7 Å². The van der Waals surface area contributed by atoms with Crippen molar-refractivity contribution in [2.45, 2.75) is 12.8 Å². The molecule has 0 saturated heterocycles. The van der Waals surface area contributed by atoms with Crippen molar-refractivity contribution in [2.75, 3.05) is 0 Å². The summed E-state index contributed by atoms with van der Waals surface area (Å²) in [6.07, 6.45) is 5.67. The van der Waals surface area contributed by atoms with E-state index in [0.717, 1.165) is 10.0 Å². The van der Waals surface area contributed by atoms with Gasteiger partial charge >= 0.3 is 0 Å². The Morgan fingerprint density at radius 2 is 2.31 bits per heavy atom. The lowest BCUT2D eigenvalue weighted by molar-refractivity contribution is -0.117. The Morgan fingerprint density at radius 3 is 2.92 bits per heavy atom. The van der Waals surface area contributed by atoms with Gasteiger partial charge in [0.05, 0.1) is 6.42 Å². The van der Waals surface area contributed by atoms with Gasteiger partial charge in [0.1, 0.15) is 5.78 Å². The Kier molecular flexibility index (Phi) is 3.72. The lowest BCUT2D eigenvalue weighted by Gasteiger charge is -1.98. The smallest absolute Gasteiger partial charge is 0.149 e. The number of Topliss-reactive ketones (excluding diaryl/α,β-unsaturated/α-hetero) is 1. The maximum Gasteiger partial charge on any atom is 0.149 e. The van der Waals surface area contributed by atoms with Crippen molar-refractivity contribution in [3.05, 3.63) is 34.3 Å². The first-order chi connectivity index (χ1) is 6.22. The van der Waals surface area contributed by atoms with Crippen molar-refractivity contribution in [3.8, 4) is 12.3 Å². The van der Waals surface area contributed by atoms with Crippen molar-refractivity contribution in [1.29, 1.82) is 0 Å². The number of rotatable bonds is 3. The van der Waals surface area contributed by atoms with Crippen LogP contribution in [0.4, 0.5) is 0 Å². The van der Waals surface area contributed by atoms with Crippen LogP contribution in [0.15, 0.2) is 28.7 Å². The van der Waals surface area contributed by atoms with Crippen LogP contribution in [0.1, 0.15) is 12.0 Å². The summed E-state index contributed by atoms with van der Waals surface area (Å²) in [6, 6.07) is 7.67. The molecule has 0 aromatic heterocycles. The maximum absolute atomic E-state index is 11.2. The van der Waals surface area contributed by atoms with Gasteiger partial charge in [0.2, 0.25) is 0 Å². The second kappa shape index (κ2) is 4.84. The highest BCUT2D eigenvalue weighted by Gasteiger charge is 2.01. The van der Waals surface area contributed by atoms with Gasteiger partial charge in [-0.3, -0.25) is 4.79 Å². The molecule has 0 heterocycles. The van der Waals surface area contributed by atoms with E-state index in [-0.39, 0.29) is 12.2 Å². The normalized spacial score (nSPS) is 9.23. The Labute approximate surface area is 86.3 Å². The molecule has 0 spiro atoms. The molecular formula is C11H9BrO. The first-order valence-corrected chi connectivity index (χ1v) is 4.71. The highest BCUT2D eigenvalue weighted by molar-refractivity contribution is 9.10. The van der Waals surface area contributed by atoms with Gasteiger partial charge < -0.3 is 0 Å². The zero-order valence-electron chi connectivity index (χ0n) is 7.09. The molecule has 0 bridgehead atoms. The third kappa shape index (κ3) is 3.43. The van der Waals surface area contributed by atoms with Crippen molar-refractivity contribution in [3.63, 3.8) is 0 Å². The SMILES string of the molecule is C#CCC(=O)Cc1cccc(Br)c1. The van der Waals surface area contributed by atoms with E-state index >= 15 is 0 Å². The molecule has 13 heavy (non-hydrogen) atoms. The van der Waals surface area contributed by atoms with Gasteiger partial charge in [-0.1, -0.05) is 34.0 Å². The molecule has 2 heteroatoms. The van der Waals surface area contributed by atoms with E-state index in [0.29, 0.717) is 6.42 Å². The topological polar surface area (TPSA) is 17.1 Å². The average Bonchev–Trinajstić information content (AvgIpc) is 2.04. The number of terminal acetylenes is 1. The number of hydrogen-bond acceptors (Lipinski definition) is 1. The fourth-order valence-corrected chi connectivity index (χ4v) is 1.50. The lowest BCUT2D eigenvalue weighted by Crippen LogP contribution is -2.00. The number of carbonyl (C=O) groups excluding carboxylic acids is 1. The molecule has 0 saturated carbocycles. The second-order valence-corrected chi connectivity index (χ2v) is 3.64. The summed E-state index contributed by atoms with van der Waals surface area (Å²) in [5, 5.41) is 0. The van der Waals surface area contributed by atoms with E-state index in [4.69, 9.17) is 6.42 Å². The van der Waals surface area contributed by atoms with E-state index in [1.807, 2.05) is 24.3 Å². The van der Waals surface area contributed by atoms with Gasteiger partial charge in [0.25, 0.3) is 0 Å². The Bertz CT molecular complexity index is 349. The third-order valence-corrected chi connectivity index (χ3v) is 2.08. The Balaban J connectivity index is 2.65. The van der Waals surface area contributed by atoms with Gasteiger partial charge in [0.15, 0.2) is 0 Å². The first-order valence-electron chi connectivity index (χ1n) is 3.92. The van der Waals surface area contributed by atoms with E-state index < -0.39 is 0 Å². The fourth-order valence-electron chi connectivity index (χ4n) is 1.05. The van der Waals surface area contributed by atoms with E-state index in [9.17, 15) is 4.79 Å². The first kappa shape index (κ1) is 10.0. The summed E-state index contributed by atoms with van der Waals surface area (Å²) >= 11 is 3.34. The molecule has 1 rings (SSSR count). The standard InChI is InChI=1S/C11H9BrO/c1-2-4-11(13)8-9-5-3-6-10(12)7-9/h1,3,5-7H,4,8H2. The van der Waals surface area contributed by atoms with Crippen LogP contribution in [0.3, 0.4) is 0 Å².